The standard InChI is InChI=1S/C18H27N5O2.HI/c1-14-11-21-23(12-14)9-8-20-18(19-2)22(3)13-15-6-7-16(24-4)10-17(15)25-5;/h6-7,10-12H,8-9,13H2,1-5H3,(H,19,20);1H. The summed E-state index contributed by atoms with van der Waals surface area (Å²) in [5.74, 6) is 2.40. The first-order valence-corrected chi connectivity index (χ1v) is 8.19. The van der Waals surface area contributed by atoms with E-state index >= 15 is 0 Å². The molecule has 1 heterocycles. The molecule has 0 amide bonds. The molecule has 0 aliphatic rings. The second kappa shape index (κ2) is 10.9. The van der Waals surface area contributed by atoms with E-state index in [4.69, 9.17) is 9.47 Å². The van der Waals surface area contributed by atoms with Gasteiger partial charge in [0.05, 0.1) is 27.0 Å². The number of ether oxygens (including phenoxy) is 2. The van der Waals surface area contributed by atoms with Crippen molar-refractivity contribution in [3.05, 3.63) is 41.7 Å². The Kier molecular flexibility index (Phi) is 9.25. The maximum Gasteiger partial charge on any atom is 0.193 e. The van der Waals surface area contributed by atoms with E-state index in [1.165, 1.54) is 0 Å². The van der Waals surface area contributed by atoms with Crippen molar-refractivity contribution in [2.75, 3.05) is 34.9 Å². The number of hydrogen-bond acceptors (Lipinski definition) is 4. The van der Waals surface area contributed by atoms with Crippen molar-refractivity contribution in [2.24, 2.45) is 4.99 Å². The molecule has 8 heteroatoms. The zero-order valence-corrected chi connectivity index (χ0v) is 18.4. The fraction of sp³-hybridized carbons (Fsp3) is 0.444. The summed E-state index contributed by atoms with van der Waals surface area (Å²) in [5, 5.41) is 7.64. The van der Waals surface area contributed by atoms with Gasteiger partial charge < -0.3 is 19.7 Å². The van der Waals surface area contributed by atoms with Crippen LogP contribution in [-0.4, -0.2) is 55.5 Å². The van der Waals surface area contributed by atoms with Crippen molar-refractivity contribution in [3.63, 3.8) is 0 Å². The monoisotopic (exact) mass is 473 g/mol. The van der Waals surface area contributed by atoms with Crippen LogP contribution in [0.3, 0.4) is 0 Å². The molecule has 0 fully saturated rings. The third kappa shape index (κ3) is 6.08. The quantitative estimate of drug-likeness (QED) is 0.381. The Morgan fingerprint density at radius 3 is 2.65 bits per heavy atom. The number of halogens is 1. The van der Waals surface area contributed by atoms with Crippen molar-refractivity contribution >= 4 is 29.9 Å². The largest absolute Gasteiger partial charge is 0.497 e. The van der Waals surface area contributed by atoms with Gasteiger partial charge in [-0.2, -0.15) is 5.10 Å². The molecule has 0 spiro atoms. The van der Waals surface area contributed by atoms with Gasteiger partial charge in [-0.25, -0.2) is 0 Å². The Morgan fingerprint density at radius 2 is 2.08 bits per heavy atom. The molecule has 7 nitrogen and oxygen atoms in total. The highest BCUT2D eigenvalue weighted by Gasteiger charge is 2.11. The molecule has 0 aliphatic carbocycles. The Bertz CT molecular complexity index is 717. The lowest BCUT2D eigenvalue weighted by atomic mass is 10.2. The topological polar surface area (TPSA) is 63.9 Å². The zero-order valence-electron chi connectivity index (χ0n) is 16.0. The van der Waals surface area contributed by atoms with E-state index in [9.17, 15) is 0 Å². The minimum Gasteiger partial charge on any atom is -0.497 e. The number of aromatic nitrogens is 2. The Labute approximate surface area is 172 Å². The zero-order chi connectivity index (χ0) is 18.2. The number of aryl methyl sites for hydroxylation is 1. The van der Waals surface area contributed by atoms with Crippen LogP contribution in [0.15, 0.2) is 35.6 Å². The number of benzene rings is 1. The molecule has 0 saturated carbocycles. The first-order chi connectivity index (χ1) is 12.1. The summed E-state index contributed by atoms with van der Waals surface area (Å²) in [6, 6.07) is 5.83. The molecule has 0 aliphatic heterocycles. The van der Waals surface area contributed by atoms with Gasteiger partial charge in [-0.1, -0.05) is 0 Å². The molecule has 2 rings (SSSR count). The first-order valence-electron chi connectivity index (χ1n) is 8.19. The third-order valence-electron chi connectivity index (χ3n) is 3.86. The Hall–Kier alpha value is -1.97. The average Bonchev–Trinajstić information content (AvgIpc) is 3.04. The Morgan fingerprint density at radius 1 is 1.31 bits per heavy atom. The van der Waals surface area contributed by atoms with Crippen molar-refractivity contribution < 1.29 is 9.47 Å². The predicted molar refractivity (Wildman–Crippen MR) is 115 cm³/mol. The number of methoxy groups -OCH3 is 2. The van der Waals surface area contributed by atoms with E-state index in [0.717, 1.165) is 41.7 Å². The van der Waals surface area contributed by atoms with E-state index in [-0.39, 0.29) is 24.0 Å². The fourth-order valence-corrected chi connectivity index (χ4v) is 2.57. The van der Waals surface area contributed by atoms with Crippen molar-refractivity contribution in [1.29, 1.82) is 0 Å². The predicted octanol–water partition coefficient (Wildman–Crippen LogP) is 2.53. The number of hydrogen-bond donors (Lipinski definition) is 1. The van der Waals surface area contributed by atoms with E-state index in [0.29, 0.717) is 6.54 Å². The highest BCUT2D eigenvalue weighted by atomic mass is 127. The fourth-order valence-electron chi connectivity index (χ4n) is 2.57. The third-order valence-corrected chi connectivity index (χ3v) is 3.86. The van der Waals surface area contributed by atoms with Crippen LogP contribution in [0, 0.1) is 6.92 Å². The molecule has 144 valence electrons. The van der Waals surface area contributed by atoms with Crippen LogP contribution in [0.25, 0.3) is 0 Å². The molecule has 0 atom stereocenters. The maximum absolute atomic E-state index is 5.46. The molecule has 0 unspecified atom stereocenters. The summed E-state index contributed by atoms with van der Waals surface area (Å²) in [6.45, 7) is 4.24. The molecule has 26 heavy (non-hydrogen) atoms. The molecule has 1 aromatic carbocycles. The van der Waals surface area contributed by atoms with Gasteiger partial charge in [-0.3, -0.25) is 9.67 Å². The molecule has 0 saturated heterocycles. The molecule has 0 radical (unpaired) electrons. The van der Waals surface area contributed by atoms with Crippen LogP contribution in [0.5, 0.6) is 11.5 Å². The molecular weight excluding hydrogens is 445 g/mol. The van der Waals surface area contributed by atoms with Crippen molar-refractivity contribution in [3.8, 4) is 11.5 Å². The van der Waals surface area contributed by atoms with Gasteiger partial charge in [0.15, 0.2) is 5.96 Å². The molecule has 1 N–H and O–H groups in total. The van der Waals surface area contributed by atoms with Crippen LogP contribution >= 0.6 is 24.0 Å². The Balaban J connectivity index is 0.00000338. The van der Waals surface area contributed by atoms with E-state index in [2.05, 4.69) is 20.3 Å². The van der Waals surface area contributed by atoms with Gasteiger partial charge >= 0.3 is 0 Å². The lowest BCUT2D eigenvalue weighted by Crippen LogP contribution is -2.39. The SMILES string of the molecule is CN=C(NCCn1cc(C)cn1)N(C)Cc1ccc(OC)cc1OC.I. The second-order valence-corrected chi connectivity index (χ2v) is 5.79. The molecule has 2 aromatic rings. The summed E-state index contributed by atoms with van der Waals surface area (Å²) in [5.41, 5.74) is 2.23. The van der Waals surface area contributed by atoms with E-state index < -0.39 is 0 Å². The number of nitrogens with zero attached hydrogens (tertiary/aromatic N) is 4. The van der Waals surface area contributed by atoms with Crippen molar-refractivity contribution in [2.45, 2.75) is 20.0 Å². The van der Waals surface area contributed by atoms with Gasteiger partial charge in [0.1, 0.15) is 11.5 Å². The van der Waals surface area contributed by atoms with Gasteiger partial charge in [-0.05, 0) is 24.6 Å². The van der Waals surface area contributed by atoms with E-state index in [1.807, 2.05) is 49.2 Å². The minimum atomic E-state index is 0. The first kappa shape index (κ1) is 22.1. The van der Waals surface area contributed by atoms with Crippen LogP contribution in [0.2, 0.25) is 0 Å². The van der Waals surface area contributed by atoms with E-state index in [1.54, 1.807) is 21.3 Å². The highest BCUT2D eigenvalue weighted by Crippen LogP contribution is 2.25. The number of nitrogens with one attached hydrogen (secondary N) is 1. The van der Waals surface area contributed by atoms with Crippen LogP contribution < -0.4 is 14.8 Å². The van der Waals surface area contributed by atoms with Gasteiger partial charge in [0, 0.05) is 45.0 Å². The van der Waals surface area contributed by atoms with Gasteiger partial charge in [0.2, 0.25) is 0 Å². The van der Waals surface area contributed by atoms with Gasteiger partial charge in [-0.15, -0.1) is 24.0 Å². The highest BCUT2D eigenvalue weighted by molar-refractivity contribution is 14.0. The summed E-state index contributed by atoms with van der Waals surface area (Å²) in [7, 11) is 7.09. The molecule has 1 aromatic heterocycles. The summed E-state index contributed by atoms with van der Waals surface area (Å²) >= 11 is 0. The lowest BCUT2D eigenvalue weighted by Gasteiger charge is -2.23. The number of rotatable bonds is 7. The average molecular weight is 473 g/mol. The number of guanidine groups is 1. The summed E-state index contributed by atoms with van der Waals surface area (Å²) in [6.07, 6.45) is 3.88. The molecular formula is C18H28IN5O2. The van der Waals surface area contributed by atoms with Crippen LogP contribution in [0.4, 0.5) is 0 Å². The van der Waals surface area contributed by atoms with Crippen LogP contribution in [-0.2, 0) is 13.1 Å². The number of aliphatic imine (C=N–C) groups is 1. The summed E-state index contributed by atoms with van der Waals surface area (Å²) < 4.78 is 12.6. The van der Waals surface area contributed by atoms with Crippen molar-refractivity contribution in [1.82, 2.24) is 20.0 Å². The summed E-state index contributed by atoms with van der Waals surface area (Å²) in [4.78, 5) is 6.40. The second-order valence-electron chi connectivity index (χ2n) is 5.79. The van der Waals surface area contributed by atoms with Gasteiger partial charge in [0.25, 0.3) is 0 Å². The maximum atomic E-state index is 5.46. The normalized spacial score (nSPS) is 10.9. The minimum absolute atomic E-state index is 0. The van der Waals surface area contributed by atoms with Crippen LogP contribution in [0.1, 0.15) is 11.1 Å². The molecule has 0 bridgehead atoms. The lowest BCUT2D eigenvalue weighted by molar-refractivity contribution is 0.382. The smallest absolute Gasteiger partial charge is 0.193 e.